The van der Waals surface area contributed by atoms with Crippen molar-refractivity contribution in [3.05, 3.63) is 53.6 Å². The van der Waals surface area contributed by atoms with Crippen LogP contribution < -0.4 is 14.2 Å². The number of hydrogen-bond acceptors (Lipinski definition) is 12. The molecular weight excluding hydrogens is 552 g/mol. The topological polar surface area (TPSA) is 177 Å². The van der Waals surface area contributed by atoms with Crippen LogP contribution in [0.3, 0.4) is 0 Å². The predicted octanol–water partition coefficient (Wildman–Crippen LogP) is 0.349. The van der Waals surface area contributed by atoms with Crippen LogP contribution in [0.4, 0.5) is 0 Å². The lowest BCUT2D eigenvalue weighted by Gasteiger charge is -2.33. The number of rotatable bonds is 22. The number of methoxy groups -OCH3 is 2. The SMILES string of the molecule is COc1cc(/C=C/c2ccc(OCC(COCC(O)CO)(COCC(O)CO)COCC(O)CO)cc2)cc(OC)c1. The van der Waals surface area contributed by atoms with Gasteiger partial charge in [-0.25, -0.2) is 0 Å². The monoisotopic (exact) mass is 596 g/mol. The Labute approximate surface area is 246 Å². The quantitative estimate of drug-likeness (QED) is 0.103. The highest BCUT2D eigenvalue weighted by molar-refractivity contribution is 5.71. The van der Waals surface area contributed by atoms with Crippen molar-refractivity contribution < 1.29 is 59.1 Å². The molecule has 0 amide bonds. The van der Waals surface area contributed by atoms with Gasteiger partial charge < -0.3 is 59.1 Å². The van der Waals surface area contributed by atoms with E-state index < -0.39 is 43.5 Å². The maximum atomic E-state index is 9.71. The minimum Gasteiger partial charge on any atom is -0.497 e. The highest BCUT2D eigenvalue weighted by Gasteiger charge is 2.34. The Balaban J connectivity index is 2.15. The zero-order chi connectivity index (χ0) is 30.8. The third-order valence-corrected chi connectivity index (χ3v) is 6.05. The van der Waals surface area contributed by atoms with Crippen LogP contribution in [0.25, 0.3) is 12.2 Å². The van der Waals surface area contributed by atoms with Crippen molar-refractivity contribution in [2.75, 3.05) is 80.3 Å². The van der Waals surface area contributed by atoms with Crippen LogP contribution in [0.1, 0.15) is 11.1 Å². The van der Waals surface area contributed by atoms with Crippen LogP contribution in [0.15, 0.2) is 42.5 Å². The standard InChI is InChI=1S/C30H44O12/c1-37-28-9-23(10-29(11-28)38-2)4-3-22-5-7-27(8-6-22)42-21-30(18-39-15-24(34)12-31,19-40-16-25(35)13-32)20-41-17-26(36)14-33/h3-11,24-26,31-36H,12-21H2,1-2H3/b4-3+. The van der Waals surface area contributed by atoms with E-state index in [4.69, 9.17) is 43.7 Å². The molecule has 12 nitrogen and oxygen atoms in total. The second-order valence-electron chi connectivity index (χ2n) is 9.89. The van der Waals surface area contributed by atoms with Crippen molar-refractivity contribution in [3.63, 3.8) is 0 Å². The molecule has 0 radical (unpaired) electrons. The van der Waals surface area contributed by atoms with Gasteiger partial charge in [0.05, 0.1) is 79.1 Å². The van der Waals surface area contributed by atoms with E-state index in [1.165, 1.54) is 0 Å². The summed E-state index contributed by atoms with van der Waals surface area (Å²) < 4.78 is 33.6. The fourth-order valence-electron chi connectivity index (χ4n) is 3.67. The first kappa shape index (κ1) is 35.4. The molecule has 0 bridgehead atoms. The molecule has 3 atom stereocenters. The minimum atomic E-state index is -1.09. The third-order valence-electron chi connectivity index (χ3n) is 6.05. The Morgan fingerprint density at radius 3 is 1.43 bits per heavy atom. The molecule has 12 heteroatoms. The summed E-state index contributed by atoms with van der Waals surface area (Å²) in [5, 5.41) is 56.5. The molecule has 0 aliphatic rings. The predicted molar refractivity (Wildman–Crippen MR) is 155 cm³/mol. The molecule has 2 rings (SSSR count). The Kier molecular flexibility index (Phi) is 16.4. The summed E-state index contributed by atoms with van der Waals surface area (Å²) in [6.07, 6.45) is 0.605. The lowest BCUT2D eigenvalue weighted by molar-refractivity contribution is -0.118. The van der Waals surface area contributed by atoms with Crippen molar-refractivity contribution in [1.29, 1.82) is 0 Å². The summed E-state index contributed by atoms with van der Waals surface area (Å²) in [6, 6.07) is 12.9. The molecule has 0 saturated carbocycles. The summed E-state index contributed by atoms with van der Waals surface area (Å²) in [7, 11) is 3.19. The number of aliphatic hydroxyl groups excluding tert-OH is 6. The molecule has 0 heterocycles. The zero-order valence-corrected chi connectivity index (χ0v) is 24.1. The molecule has 6 N–H and O–H groups in total. The van der Waals surface area contributed by atoms with Gasteiger partial charge in [0.15, 0.2) is 0 Å². The van der Waals surface area contributed by atoms with Gasteiger partial charge in [-0.15, -0.1) is 0 Å². The van der Waals surface area contributed by atoms with Crippen molar-refractivity contribution in [2.45, 2.75) is 18.3 Å². The molecule has 0 aliphatic carbocycles. The fourth-order valence-corrected chi connectivity index (χ4v) is 3.67. The van der Waals surface area contributed by atoms with Crippen LogP contribution >= 0.6 is 0 Å². The van der Waals surface area contributed by atoms with Gasteiger partial charge in [0.1, 0.15) is 42.2 Å². The van der Waals surface area contributed by atoms with Crippen molar-refractivity contribution in [1.82, 2.24) is 0 Å². The average Bonchev–Trinajstić information content (AvgIpc) is 3.02. The molecule has 0 spiro atoms. The lowest BCUT2D eigenvalue weighted by atomic mass is 9.92. The minimum absolute atomic E-state index is 0.0193. The fraction of sp³-hybridized carbons (Fsp3) is 0.533. The average molecular weight is 597 g/mol. The normalized spacial score (nSPS) is 15.2. The van der Waals surface area contributed by atoms with Gasteiger partial charge in [-0.2, -0.15) is 0 Å². The summed E-state index contributed by atoms with van der Waals surface area (Å²) >= 11 is 0. The molecule has 0 saturated heterocycles. The molecule has 0 fully saturated rings. The molecular formula is C30H44O12. The molecule has 2 aromatic carbocycles. The van der Waals surface area contributed by atoms with Gasteiger partial charge in [0.25, 0.3) is 0 Å². The van der Waals surface area contributed by atoms with E-state index in [-0.39, 0.29) is 46.2 Å². The lowest BCUT2D eigenvalue weighted by Crippen LogP contribution is -2.44. The number of hydrogen-bond donors (Lipinski definition) is 6. The van der Waals surface area contributed by atoms with E-state index in [1.807, 2.05) is 36.4 Å². The first-order chi connectivity index (χ1) is 20.3. The Morgan fingerprint density at radius 1 is 0.595 bits per heavy atom. The van der Waals surface area contributed by atoms with Gasteiger partial charge in [0, 0.05) is 6.07 Å². The van der Waals surface area contributed by atoms with Gasteiger partial charge in [-0.05, 0) is 35.4 Å². The Hall–Kier alpha value is -2.78. The maximum Gasteiger partial charge on any atom is 0.123 e. The van der Waals surface area contributed by atoms with E-state index in [0.717, 1.165) is 11.1 Å². The number of ether oxygens (including phenoxy) is 6. The van der Waals surface area contributed by atoms with Crippen LogP contribution in [-0.4, -0.2) is 129 Å². The van der Waals surface area contributed by atoms with Crippen molar-refractivity contribution in [2.24, 2.45) is 5.41 Å². The molecule has 42 heavy (non-hydrogen) atoms. The van der Waals surface area contributed by atoms with E-state index in [9.17, 15) is 15.3 Å². The van der Waals surface area contributed by atoms with Crippen LogP contribution in [-0.2, 0) is 14.2 Å². The van der Waals surface area contributed by atoms with Gasteiger partial charge >= 0.3 is 0 Å². The second kappa shape index (κ2) is 19.4. The first-order valence-corrected chi connectivity index (χ1v) is 13.5. The van der Waals surface area contributed by atoms with Crippen LogP contribution in [0.2, 0.25) is 0 Å². The third kappa shape index (κ3) is 13.0. The van der Waals surface area contributed by atoms with E-state index in [0.29, 0.717) is 17.2 Å². The highest BCUT2D eigenvalue weighted by Crippen LogP contribution is 2.26. The molecule has 3 unspecified atom stereocenters. The van der Waals surface area contributed by atoms with Gasteiger partial charge in [-0.1, -0.05) is 24.3 Å². The molecule has 0 aliphatic heterocycles. The number of benzene rings is 2. The van der Waals surface area contributed by atoms with Crippen molar-refractivity contribution >= 4 is 12.2 Å². The van der Waals surface area contributed by atoms with Crippen LogP contribution in [0.5, 0.6) is 17.2 Å². The smallest absolute Gasteiger partial charge is 0.123 e. The maximum absolute atomic E-state index is 9.71. The van der Waals surface area contributed by atoms with Gasteiger partial charge in [0.2, 0.25) is 0 Å². The first-order valence-electron chi connectivity index (χ1n) is 13.5. The largest absolute Gasteiger partial charge is 0.497 e. The Morgan fingerprint density at radius 2 is 1.02 bits per heavy atom. The highest BCUT2D eigenvalue weighted by atomic mass is 16.5. The zero-order valence-electron chi connectivity index (χ0n) is 24.1. The number of aliphatic hydroxyl groups is 6. The van der Waals surface area contributed by atoms with E-state index in [2.05, 4.69) is 0 Å². The molecule has 236 valence electrons. The second-order valence-corrected chi connectivity index (χ2v) is 9.89. The Bertz CT molecular complexity index is 966. The summed E-state index contributed by atoms with van der Waals surface area (Å²) in [5.74, 6) is 1.90. The summed E-state index contributed by atoms with van der Waals surface area (Å²) in [5.41, 5.74) is 0.836. The summed E-state index contributed by atoms with van der Waals surface area (Å²) in [6.45, 7) is -1.97. The molecule has 2 aromatic rings. The van der Waals surface area contributed by atoms with E-state index in [1.54, 1.807) is 32.4 Å². The molecule has 0 aromatic heterocycles. The van der Waals surface area contributed by atoms with Crippen molar-refractivity contribution in [3.8, 4) is 17.2 Å². The summed E-state index contributed by atoms with van der Waals surface area (Å²) in [4.78, 5) is 0. The van der Waals surface area contributed by atoms with Gasteiger partial charge in [-0.3, -0.25) is 0 Å². The van der Waals surface area contributed by atoms with Crippen LogP contribution in [0, 0.1) is 5.41 Å². The van der Waals surface area contributed by atoms with E-state index >= 15 is 0 Å².